The summed E-state index contributed by atoms with van der Waals surface area (Å²) in [6, 6.07) is 6.07. The molecule has 0 spiro atoms. The van der Waals surface area contributed by atoms with Crippen LogP contribution in [0.5, 0.6) is 0 Å². The van der Waals surface area contributed by atoms with Gasteiger partial charge in [0.25, 0.3) is 0 Å². The summed E-state index contributed by atoms with van der Waals surface area (Å²) in [6.07, 6.45) is 2.20. The first kappa shape index (κ1) is 11.9. The summed E-state index contributed by atoms with van der Waals surface area (Å²) < 4.78 is 4.98. The van der Waals surface area contributed by atoms with Crippen molar-refractivity contribution in [2.24, 2.45) is 0 Å². The van der Waals surface area contributed by atoms with Gasteiger partial charge in [0.1, 0.15) is 0 Å². The summed E-state index contributed by atoms with van der Waals surface area (Å²) in [5.41, 5.74) is 8.87. The lowest BCUT2D eigenvalue weighted by molar-refractivity contribution is 0.194. The number of nitrogens with two attached hydrogens (primary N) is 1. The Hall–Kier alpha value is -1.22. The van der Waals surface area contributed by atoms with Crippen molar-refractivity contribution in [3.05, 3.63) is 23.8 Å². The molecule has 15 heavy (non-hydrogen) atoms. The Morgan fingerprint density at radius 3 is 2.80 bits per heavy atom. The molecule has 0 amide bonds. The Morgan fingerprint density at radius 1 is 1.33 bits per heavy atom. The minimum Gasteiger partial charge on any atom is -0.398 e. The number of methoxy groups -OCH3 is 1. The molecule has 1 rings (SSSR count). The van der Waals surface area contributed by atoms with Crippen molar-refractivity contribution in [3.63, 3.8) is 0 Å². The third-order valence-corrected chi connectivity index (χ3v) is 2.38. The van der Waals surface area contributed by atoms with Gasteiger partial charge in [-0.15, -0.1) is 0 Å². The predicted molar refractivity (Wildman–Crippen MR) is 65.2 cm³/mol. The van der Waals surface area contributed by atoms with Crippen molar-refractivity contribution in [1.82, 2.24) is 0 Å². The number of hydrogen-bond donors (Lipinski definition) is 2. The van der Waals surface area contributed by atoms with Gasteiger partial charge in [-0.2, -0.15) is 0 Å². The average Bonchev–Trinajstić information content (AvgIpc) is 2.23. The van der Waals surface area contributed by atoms with Crippen LogP contribution in [0.3, 0.4) is 0 Å². The lowest BCUT2D eigenvalue weighted by Crippen LogP contribution is -2.03. The van der Waals surface area contributed by atoms with E-state index in [0.29, 0.717) is 0 Å². The summed E-state index contributed by atoms with van der Waals surface area (Å²) >= 11 is 0. The van der Waals surface area contributed by atoms with Gasteiger partial charge in [0.05, 0.1) is 0 Å². The Bertz CT molecular complexity index is 300. The van der Waals surface area contributed by atoms with Crippen molar-refractivity contribution in [3.8, 4) is 0 Å². The molecule has 0 radical (unpaired) electrons. The highest BCUT2D eigenvalue weighted by Crippen LogP contribution is 2.16. The monoisotopic (exact) mass is 208 g/mol. The lowest BCUT2D eigenvalue weighted by atomic mass is 10.2. The Kier molecular flexibility index (Phi) is 4.98. The summed E-state index contributed by atoms with van der Waals surface area (Å²) in [5, 5.41) is 3.34. The SMILES string of the molecule is COCCCCNc1ccc(C)c(N)c1. The number of benzene rings is 1. The number of nitrogen functional groups attached to an aromatic ring is 1. The highest BCUT2D eigenvalue weighted by atomic mass is 16.5. The van der Waals surface area contributed by atoms with Crippen LogP contribution in [0.1, 0.15) is 18.4 Å². The second-order valence-electron chi connectivity index (χ2n) is 3.70. The quantitative estimate of drug-likeness (QED) is 0.557. The van der Waals surface area contributed by atoms with E-state index in [2.05, 4.69) is 11.4 Å². The van der Waals surface area contributed by atoms with Crippen LogP contribution in [-0.4, -0.2) is 20.3 Å². The maximum atomic E-state index is 5.81. The molecule has 0 aromatic heterocycles. The number of aryl methyl sites for hydroxylation is 1. The molecule has 0 aliphatic carbocycles. The Morgan fingerprint density at radius 2 is 2.13 bits per heavy atom. The fraction of sp³-hybridized carbons (Fsp3) is 0.500. The summed E-state index contributed by atoms with van der Waals surface area (Å²) in [5.74, 6) is 0. The molecular weight excluding hydrogens is 188 g/mol. The first-order valence-electron chi connectivity index (χ1n) is 5.33. The van der Waals surface area contributed by atoms with Gasteiger partial charge in [0.2, 0.25) is 0 Å². The number of anilines is 2. The van der Waals surface area contributed by atoms with Gasteiger partial charge in [-0.3, -0.25) is 0 Å². The molecule has 0 heterocycles. The molecule has 3 nitrogen and oxygen atoms in total. The van der Waals surface area contributed by atoms with E-state index >= 15 is 0 Å². The van der Waals surface area contributed by atoms with Crippen LogP contribution < -0.4 is 11.1 Å². The van der Waals surface area contributed by atoms with E-state index < -0.39 is 0 Å². The molecule has 0 bridgehead atoms. The normalized spacial score (nSPS) is 10.3. The number of ether oxygens (including phenoxy) is 1. The smallest absolute Gasteiger partial charge is 0.0462 e. The largest absolute Gasteiger partial charge is 0.398 e. The molecule has 3 heteroatoms. The number of hydrogen-bond acceptors (Lipinski definition) is 3. The minimum absolute atomic E-state index is 0.831. The van der Waals surface area contributed by atoms with E-state index in [-0.39, 0.29) is 0 Å². The summed E-state index contributed by atoms with van der Waals surface area (Å²) in [7, 11) is 1.73. The van der Waals surface area contributed by atoms with Gasteiger partial charge in [-0.25, -0.2) is 0 Å². The van der Waals surface area contributed by atoms with E-state index in [1.807, 2.05) is 19.1 Å². The fourth-order valence-electron chi connectivity index (χ4n) is 1.35. The van der Waals surface area contributed by atoms with Crippen molar-refractivity contribution >= 4 is 11.4 Å². The highest BCUT2D eigenvalue weighted by Gasteiger charge is 1.95. The first-order valence-corrected chi connectivity index (χ1v) is 5.33. The molecule has 3 N–H and O–H groups in total. The van der Waals surface area contributed by atoms with Gasteiger partial charge in [-0.05, 0) is 37.5 Å². The van der Waals surface area contributed by atoms with Crippen LogP contribution in [0.2, 0.25) is 0 Å². The summed E-state index contributed by atoms with van der Waals surface area (Å²) in [6.45, 7) is 3.81. The Labute approximate surface area is 91.6 Å². The van der Waals surface area contributed by atoms with Crippen molar-refractivity contribution in [2.75, 3.05) is 31.3 Å². The maximum absolute atomic E-state index is 5.81. The third-order valence-electron chi connectivity index (χ3n) is 2.38. The van der Waals surface area contributed by atoms with Crippen LogP contribution in [-0.2, 0) is 4.74 Å². The van der Waals surface area contributed by atoms with Gasteiger partial charge in [-0.1, -0.05) is 6.07 Å². The van der Waals surface area contributed by atoms with E-state index in [0.717, 1.165) is 42.9 Å². The number of unbranched alkanes of at least 4 members (excludes halogenated alkanes) is 1. The minimum atomic E-state index is 0.831. The number of rotatable bonds is 6. The van der Waals surface area contributed by atoms with Crippen LogP contribution in [0.4, 0.5) is 11.4 Å². The number of nitrogens with one attached hydrogen (secondary N) is 1. The first-order chi connectivity index (χ1) is 7.24. The van der Waals surface area contributed by atoms with Crippen LogP contribution in [0.15, 0.2) is 18.2 Å². The zero-order chi connectivity index (χ0) is 11.1. The molecule has 0 aliphatic rings. The van der Waals surface area contributed by atoms with Crippen LogP contribution in [0, 0.1) is 6.92 Å². The molecule has 1 aromatic carbocycles. The zero-order valence-electron chi connectivity index (χ0n) is 9.55. The zero-order valence-corrected chi connectivity index (χ0v) is 9.55. The van der Waals surface area contributed by atoms with Gasteiger partial charge in [0, 0.05) is 31.6 Å². The lowest BCUT2D eigenvalue weighted by Gasteiger charge is -2.08. The average molecular weight is 208 g/mol. The second kappa shape index (κ2) is 6.30. The molecule has 0 fully saturated rings. The van der Waals surface area contributed by atoms with Gasteiger partial charge < -0.3 is 15.8 Å². The van der Waals surface area contributed by atoms with Crippen LogP contribution in [0.25, 0.3) is 0 Å². The highest BCUT2D eigenvalue weighted by molar-refractivity contribution is 5.58. The summed E-state index contributed by atoms with van der Waals surface area (Å²) in [4.78, 5) is 0. The van der Waals surface area contributed by atoms with Crippen LogP contribution >= 0.6 is 0 Å². The molecule has 0 aliphatic heterocycles. The standard InChI is InChI=1S/C12H20N2O/c1-10-5-6-11(9-12(10)13)14-7-3-4-8-15-2/h5-6,9,14H,3-4,7-8,13H2,1-2H3. The van der Waals surface area contributed by atoms with E-state index in [1.165, 1.54) is 0 Å². The molecule has 0 atom stereocenters. The Balaban J connectivity index is 2.28. The molecule has 0 saturated carbocycles. The molecule has 0 unspecified atom stereocenters. The van der Waals surface area contributed by atoms with E-state index in [9.17, 15) is 0 Å². The van der Waals surface area contributed by atoms with Crippen molar-refractivity contribution in [2.45, 2.75) is 19.8 Å². The van der Waals surface area contributed by atoms with Gasteiger partial charge >= 0.3 is 0 Å². The maximum Gasteiger partial charge on any atom is 0.0462 e. The molecule has 0 saturated heterocycles. The van der Waals surface area contributed by atoms with E-state index in [1.54, 1.807) is 7.11 Å². The van der Waals surface area contributed by atoms with E-state index in [4.69, 9.17) is 10.5 Å². The predicted octanol–water partition coefficient (Wildman–Crippen LogP) is 2.42. The second-order valence-corrected chi connectivity index (χ2v) is 3.70. The van der Waals surface area contributed by atoms with Gasteiger partial charge in [0.15, 0.2) is 0 Å². The molecule has 84 valence electrons. The third kappa shape index (κ3) is 4.21. The van der Waals surface area contributed by atoms with Crippen molar-refractivity contribution in [1.29, 1.82) is 0 Å². The molecule has 1 aromatic rings. The fourth-order valence-corrected chi connectivity index (χ4v) is 1.35. The topological polar surface area (TPSA) is 47.3 Å². The van der Waals surface area contributed by atoms with Crippen molar-refractivity contribution < 1.29 is 4.74 Å². The molecular formula is C12H20N2O.